The number of amides is 1. The van der Waals surface area contributed by atoms with E-state index in [0.29, 0.717) is 5.01 Å². The van der Waals surface area contributed by atoms with E-state index in [2.05, 4.69) is 0 Å². The van der Waals surface area contributed by atoms with Crippen molar-refractivity contribution in [2.24, 2.45) is 5.84 Å². The Hall–Kier alpha value is -3.64. The second kappa shape index (κ2) is 8.39. The predicted octanol–water partition coefficient (Wildman–Crippen LogP) is 3.81. The molecule has 3 N–H and O–H groups in total. The summed E-state index contributed by atoms with van der Waals surface area (Å²) >= 11 is 0. The number of carbonyl (C=O) groups is 2. The van der Waals surface area contributed by atoms with Crippen molar-refractivity contribution in [1.82, 2.24) is 5.01 Å². The molecule has 0 bridgehead atoms. The molecule has 0 fully saturated rings. The first-order valence-electron chi connectivity index (χ1n) is 9.72. The minimum absolute atomic E-state index is 0.0816. The van der Waals surface area contributed by atoms with E-state index in [4.69, 9.17) is 10.6 Å². The molecule has 0 saturated heterocycles. The van der Waals surface area contributed by atoms with Gasteiger partial charge in [0.1, 0.15) is 6.61 Å². The molecule has 3 aromatic carbocycles. The first-order chi connectivity index (χ1) is 14.6. The molecule has 6 heteroatoms. The van der Waals surface area contributed by atoms with E-state index in [1.54, 1.807) is 12.1 Å². The monoisotopic (exact) mass is 402 g/mol. The zero-order valence-corrected chi connectivity index (χ0v) is 16.3. The summed E-state index contributed by atoms with van der Waals surface area (Å²) in [5.41, 5.74) is 5.16. The maximum Gasteiger partial charge on any atom is 0.424 e. The van der Waals surface area contributed by atoms with Crippen molar-refractivity contribution in [3.8, 4) is 11.1 Å². The van der Waals surface area contributed by atoms with E-state index in [0.717, 1.165) is 27.8 Å². The molecule has 0 saturated carbocycles. The van der Waals surface area contributed by atoms with Crippen molar-refractivity contribution < 1.29 is 19.4 Å². The smallest absolute Gasteiger partial charge is 0.424 e. The second-order valence-electron chi connectivity index (χ2n) is 7.26. The molecule has 30 heavy (non-hydrogen) atoms. The summed E-state index contributed by atoms with van der Waals surface area (Å²) in [6.45, 7) is 0.0816. The van der Waals surface area contributed by atoms with Crippen LogP contribution >= 0.6 is 0 Å². The maximum atomic E-state index is 12.6. The Labute approximate surface area is 174 Å². The number of ether oxygens (including phenoxy) is 1. The quantitative estimate of drug-likeness (QED) is 0.372. The third kappa shape index (κ3) is 3.77. The Morgan fingerprint density at radius 3 is 2.00 bits per heavy atom. The summed E-state index contributed by atoms with van der Waals surface area (Å²) in [6.07, 6.45) is -0.767. The van der Waals surface area contributed by atoms with Crippen LogP contribution in [0.4, 0.5) is 4.79 Å². The van der Waals surface area contributed by atoms with Crippen molar-refractivity contribution in [3.63, 3.8) is 0 Å². The van der Waals surface area contributed by atoms with Crippen LogP contribution in [-0.2, 0) is 16.0 Å². The normalized spacial score (nSPS) is 13.2. The minimum Gasteiger partial charge on any atom is -0.480 e. The van der Waals surface area contributed by atoms with Crippen LogP contribution in [0.3, 0.4) is 0 Å². The third-order valence-corrected chi connectivity index (χ3v) is 5.44. The third-order valence-electron chi connectivity index (χ3n) is 5.44. The lowest BCUT2D eigenvalue weighted by Gasteiger charge is -2.24. The number of hydrogen-bond donors (Lipinski definition) is 2. The number of rotatable bonds is 6. The summed E-state index contributed by atoms with van der Waals surface area (Å²) in [5, 5.41) is 10.2. The average molecular weight is 402 g/mol. The van der Waals surface area contributed by atoms with Gasteiger partial charge in [0.25, 0.3) is 0 Å². The fourth-order valence-corrected chi connectivity index (χ4v) is 3.94. The van der Waals surface area contributed by atoms with Gasteiger partial charge in [-0.1, -0.05) is 78.9 Å². The molecule has 1 amide bonds. The van der Waals surface area contributed by atoms with Crippen molar-refractivity contribution >= 4 is 12.1 Å². The predicted molar refractivity (Wildman–Crippen MR) is 113 cm³/mol. The van der Waals surface area contributed by atoms with E-state index in [1.165, 1.54) is 0 Å². The lowest BCUT2D eigenvalue weighted by molar-refractivity contribution is -0.142. The molecule has 0 unspecified atom stereocenters. The molecule has 0 aliphatic heterocycles. The van der Waals surface area contributed by atoms with E-state index in [9.17, 15) is 14.7 Å². The van der Waals surface area contributed by atoms with Crippen molar-refractivity contribution in [1.29, 1.82) is 0 Å². The number of aliphatic carboxylic acids is 1. The lowest BCUT2D eigenvalue weighted by Crippen LogP contribution is -2.51. The van der Waals surface area contributed by atoms with Gasteiger partial charge in [0, 0.05) is 12.3 Å². The second-order valence-corrected chi connectivity index (χ2v) is 7.26. The van der Waals surface area contributed by atoms with E-state index >= 15 is 0 Å². The van der Waals surface area contributed by atoms with E-state index < -0.39 is 18.1 Å². The van der Waals surface area contributed by atoms with Crippen LogP contribution in [-0.4, -0.2) is 34.8 Å². The number of fused-ring (bicyclic) bond motifs is 3. The molecule has 4 rings (SSSR count). The van der Waals surface area contributed by atoms with Crippen LogP contribution in [0, 0.1) is 0 Å². The fraction of sp³-hybridized carbons (Fsp3) is 0.167. The Kier molecular flexibility index (Phi) is 5.50. The number of carbonyl (C=O) groups excluding carboxylic acids is 1. The molecule has 1 aliphatic carbocycles. The van der Waals surface area contributed by atoms with Crippen LogP contribution in [0.25, 0.3) is 11.1 Å². The lowest BCUT2D eigenvalue weighted by atomic mass is 9.98. The molecule has 3 aromatic rings. The number of carboxylic acids is 1. The zero-order chi connectivity index (χ0) is 21.1. The highest BCUT2D eigenvalue weighted by Crippen LogP contribution is 2.44. The first kappa shape index (κ1) is 19.7. The van der Waals surface area contributed by atoms with Crippen molar-refractivity contribution in [3.05, 3.63) is 95.6 Å². The summed E-state index contributed by atoms with van der Waals surface area (Å²) in [7, 11) is 0. The van der Waals surface area contributed by atoms with Gasteiger partial charge in [0.2, 0.25) is 0 Å². The minimum atomic E-state index is -1.22. The fourth-order valence-electron chi connectivity index (χ4n) is 3.94. The Morgan fingerprint density at radius 2 is 1.43 bits per heavy atom. The SMILES string of the molecule is NN(C(=O)OCC1c2ccccc2-c2ccccc21)[C@@H](Cc1ccccc1)C(=O)O. The van der Waals surface area contributed by atoms with Gasteiger partial charge in [-0.15, -0.1) is 0 Å². The highest BCUT2D eigenvalue weighted by molar-refractivity contribution is 5.81. The van der Waals surface area contributed by atoms with Gasteiger partial charge in [0.05, 0.1) is 0 Å². The maximum absolute atomic E-state index is 12.6. The van der Waals surface area contributed by atoms with Gasteiger partial charge in [0.15, 0.2) is 6.04 Å². The number of hydrazine groups is 1. The van der Waals surface area contributed by atoms with Crippen LogP contribution in [0.2, 0.25) is 0 Å². The average Bonchev–Trinajstić information content (AvgIpc) is 3.09. The highest BCUT2D eigenvalue weighted by Gasteiger charge is 2.32. The van der Waals surface area contributed by atoms with Crippen LogP contribution in [0.15, 0.2) is 78.9 Å². The molecule has 1 aliphatic rings. The molecule has 1 atom stereocenters. The molecule has 0 spiro atoms. The summed E-state index contributed by atoms with van der Waals surface area (Å²) in [4.78, 5) is 24.3. The Balaban J connectivity index is 1.48. The topological polar surface area (TPSA) is 92.9 Å². The van der Waals surface area contributed by atoms with Crippen LogP contribution in [0.5, 0.6) is 0 Å². The number of nitrogens with two attached hydrogens (primary N) is 1. The van der Waals surface area contributed by atoms with E-state index in [-0.39, 0.29) is 18.9 Å². The molecular formula is C24H22N2O4. The van der Waals surface area contributed by atoms with Gasteiger partial charge < -0.3 is 9.84 Å². The summed E-state index contributed by atoms with van der Waals surface area (Å²) in [6, 6.07) is 23.8. The molecule has 0 heterocycles. The Morgan fingerprint density at radius 1 is 0.900 bits per heavy atom. The highest BCUT2D eigenvalue weighted by atomic mass is 16.6. The number of benzene rings is 3. The molecule has 152 valence electrons. The van der Waals surface area contributed by atoms with E-state index in [1.807, 2.05) is 66.7 Å². The Bertz CT molecular complexity index is 1020. The van der Waals surface area contributed by atoms with Gasteiger partial charge in [-0.3, -0.25) is 0 Å². The number of hydrogen-bond acceptors (Lipinski definition) is 4. The van der Waals surface area contributed by atoms with Crippen molar-refractivity contribution in [2.45, 2.75) is 18.4 Å². The van der Waals surface area contributed by atoms with Gasteiger partial charge >= 0.3 is 12.1 Å². The zero-order valence-electron chi connectivity index (χ0n) is 16.3. The summed E-state index contributed by atoms with van der Waals surface area (Å²) < 4.78 is 5.47. The van der Waals surface area contributed by atoms with Gasteiger partial charge in [-0.25, -0.2) is 20.4 Å². The first-order valence-corrected chi connectivity index (χ1v) is 9.72. The van der Waals surface area contributed by atoms with Crippen molar-refractivity contribution in [2.75, 3.05) is 6.61 Å². The standard InChI is InChI=1S/C24H22N2O4/c25-26(22(23(27)28)14-16-8-2-1-3-9-16)24(29)30-15-21-19-12-6-4-10-17(19)18-11-5-7-13-20(18)21/h1-13,21-22H,14-15,25H2,(H,27,28)/t22-/m0/s1. The largest absolute Gasteiger partial charge is 0.480 e. The summed E-state index contributed by atoms with van der Waals surface area (Å²) in [5.74, 6) is 4.56. The van der Waals surface area contributed by atoms with Gasteiger partial charge in [-0.05, 0) is 27.8 Å². The molecular weight excluding hydrogens is 380 g/mol. The van der Waals surface area contributed by atoms with Crippen LogP contribution in [0.1, 0.15) is 22.6 Å². The molecule has 6 nitrogen and oxygen atoms in total. The molecule has 0 aromatic heterocycles. The number of carboxylic acid groups (broad SMARTS) is 1. The van der Waals surface area contributed by atoms with Crippen LogP contribution < -0.4 is 5.84 Å². The molecule has 0 radical (unpaired) electrons. The number of nitrogens with zero attached hydrogens (tertiary/aromatic N) is 1. The van der Waals surface area contributed by atoms with Gasteiger partial charge in [-0.2, -0.15) is 0 Å².